The van der Waals surface area contributed by atoms with Crippen LogP contribution in [-0.4, -0.2) is 10.2 Å². The molecular weight excluding hydrogens is 284 g/mol. The van der Waals surface area contributed by atoms with E-state index < -0.39 is 0 Å². The zero-order valence-electron chi connectivity index (χ0n) is 8.71. The van der Waals surface area contributed by atoms with Crippen LogP contribution in [-0.2, 0) is 0 Å². The molecule has 86 valence electrons. The summed E-state index contributed by atoms with van der Waals surface area (Å²) in [6.07, 6.45) is 0. The lowest BCUT2D eigenvalue weighted by Gasteiger charge is -1.99. The first-order valence-corrected chi connectivity index (χ1v) is 5.64. The molecule has 2 aromatic rings. The van der Waals surface area contributed by atoms with Crippen molar-refractivity contribution in [3.05, 3.63) is 46.9 Å². The van der Waals surface area contributed by atoms with Crippen molar-refractivity contribution in [1.82, 2.24) is 0 Å². The van der Waals surface area contributed by atoms with Crippen LogP contribution in [0.25, 0.3) is 0 Å². The van der Waals surface area contributed by atoms with Crippen LogP contribution in [0.1, 0.15) is 0 Å². The fourth-order valence-corrected chi connectivity index (χ4v) is 1.66. The Morgan fingerprint density at radius 1 is 0.882 bits per heavy atom. The maximum Gasteiger partial charge on any atom is 0.169 e. The van der Waals surface area contributed by atoms with Crippen molar-refractivity contribution < 1.29 is 10.2 Å². The van der Waals surface area contributed by atoms with Crippen LogP contribution in [0.15, 0.2) is 57.2 Å². The van der Waals surface area contributed by atoms with Crippen molar-refractivity contribution in [3.8, 4) is 11.5 Å². The number of hydrogen-bond donors (Lipinski definition) is 2. The summed E-state index contributed by atoms with van der Waals surface area (Å²) < 4.78 is 0.885. The van der Waals surface area contributed by atoms with Gasteiger partial charge in [0.15, 0.2) is 5.69 Å². The third kappa shape index (κ3) is 2.82. The summed E-state index contributed by atoms with van der Waals surface area (Å²) in [6, 6.07) is 11.7. The zero-order chi connectivity index (χ0) is 12.3. The molecule has 5 heteroatoms. The van der Waals surface area contributed by atoms with Crippen molar-refractivity contribution in [2.45, 2.75) is 0 Å². The minimum Gasteiger partial charge on any atom is -0.505 e. The number of phenols is 2. The van der Waals surface area contributed by atoms with E-state index in [0.717, 1.165) is 4.47 Å². The monoisotopic (exact) mass is 292 g/mol. The number of halogens is 1. The number of phenolic OH excluding ortho intramolecular Hbond substituents is 2. The molecular formula is C12H9BrN2O2. The lowest BCUT2D eigenvalue weighted by Crippen LogP contribution is -1.70. The first kappa shape index (κ1) is 11.6. The van der Waals surface area contributed by atoms with Crippen LogP contribution >= 0.6 is 15.9 Å². The van der Waals surface area contributed by atoms with Gasteiger partial charge in [-0.25, -0.2) is 0 Å². The summed E-state index contributed by atoms with van der Waals surface area (Å²) in [4.78, 5) is 0. The molecule has 2 aromatic carbocycles. The molecule has 0 aromatic heterocycles. The third-order valence-electron chi connectivity index (χ3n) is 2.07. The van der Waals surface area contributed by atoms with Gasteiger partial charge in [-0.15, -0.1) is 5.11 Å². The summed E-state index contributed by atoms with van der Waals surface area (Å²) in [5.41, 5.74) is 0.689. The van der Waals surface area contributed by atoms with E-state index in [1.54, 1.807) is 12.1 Å². The van der Waals surface area contributed by atoms with Crippen LogP contribution in [0.5, 0.6) is 11.5 Å². The maximum absolute atomic E-state index is 9.50. The van der Waals surface area contributed by atoms with Crippen molar-refractivity contribution in [2.24, 2.45) is 10.2 Å². The fraction of sp³-hybridized carbons (Fsp3) is 0. The molecule has 0 saturated carbocycles. The smallest absolute Gasteiger partial charge is 0.169 e. The van der Waals surface area contributed by atoms with Crippen LogP contribution in [0.3, 0.4) is 0 Å². The Balaban J connectivity index is 2.32. The van der Waals surface area contributed by atoms with Crippen LogP contribution < -0.4 is 0 Å². The molecule has 4 nitrogen and oxygen atoms in total. The predicted molar refractivity (Wildman–Crippen MR) is 68.1 cm³/mol. The summed E-state index contributed by atoms with van der Waals surface area (Å²) >= 11 is 3.32. The largest absolute Gasteiger partial charge is 0.505 e. The molecule has 17 heavy (non-hydrogen) atoms. The lowest BCUT2D eigenvalue weighted by molar-refractivity contribution is 0.452. The van der Waals surface area contributed by atoms with E-state index in [0.29, 0.717) is 5.69 Å². The van der Waals surface area contributed by atoms with Gasteiger partial charge >= 0.3 is 0 Å². The van der Waals surface area contributed by atoms with Gasteiger partial charge in [-0.1, -0.05) is 28.1 Å². The van der Waals surface area contributed by atoms with Crippen molar-refractivity contribution >= 4 is 27.3 Å². The highest BCUT2D eigenvalue weighted by Crippen LogP contribution is 2.36. The van der Waals surface area contributed by atoms with Gasteiger partial charge in [-0.05, 0) is 30.3 Å². The Bertz CT molecular complexity index is 550. The quantitative estimate of drug-likeness (QED) is 0.812. The molecule has 2 rings (SSSR count). The second-order valence-corrected chi connectivity index (χ2v) is 4.24. The van der Waals surface area contributed by atoms with E-state index in [1.807, 2.05) is 12.1 Å². The van der Waals surface area contributed by atoms with Gasteiger partial charge in [0, 0.05) is 4.47 Å². The SMILES string of the molecule is Oc1cccc(O)c1N=Nc1cccc(Br)c1. The highest BCUT2D eigenvalue weighted by Gasteiger charge is 2.04. The van der Waals surface area contributed by atoms with Crippen LogP contribution in [0.4, 0.5) is 11.4 Å². The second-order valence-electron chi connectivity index (χ2n) is 3.32. The van der Waals surface area contributed by atoms with Crippen molar-refractivity contribution in [1.29, 1.82) is 0 Å². The summed E-state index contributed by atoms with van der Waals surface area (Å²) in [5, 5.41) is 26.8. The molecule has 0 spiro atoms. The molecule has 0 aliphatic heterocycles. The molecule has 0 amide bonds. The summed E-state index contributed by atoms with van der Waals surface area (Å²) in [6.45, 7) is 0. The van der Waals surface area contributed by atoms with E-state index in [2.05, 4.69) is 26.2 Å². The van der Waals surface area contributed by atoms with Crippen LogP contribution in [0.2, 0.25) is 0 Å². The zero-order valence-corrected chi connectivity index (χ0v) is 10.3. The molecule has 0 fully saturated rings. The predicted octanol–water partition coefficient (Wildman–Crippen LogP) is 4.28. The molecule has 0 aliphatic carbocycles. The van der Waals surface area contributed by atoms with Gasteiger partial charge in [0.05, 0.1) is 5.69 Å². The van der Waals surface area contributed by atoms with Gasteiger partial charge in [0.2, 0.25) is 0 Å². The Labute approximate surface area is 106 Å². The van der Waals surface area contributed by atoms with Gasteiger partial charge in [-0.2, -0.15) is 5.11 Å². The lowest BCUT2D eigenvalue weighted by atomic mass is 10.3. The summed E-state index contributed by atoms with van der Waals surface area (Å²) in [5.74, 6) is -0.215. The molecule has 2 N–H and O–H groups in total. The van der Waals surface area contributed by atoms with Gasteiger partial charge < -0.3 is 10.2 Å². The topological polar surface area (TPSA) is 65.2 Å². The molecule has 0 radical (unpaired) electrons. The number of azo groups is 1. The average molecular weight is 293 g/mol. The Morgan fingerprint density at radius 2 is 1.53 bits per heavy atom. The number of nitrogens with zero attached hydrogens (tertiary/aromatic N) is 2. The third-order valence-corrected chi connectivity index (χ3v) is 2.56. The Hall–Kier alpha value is -1.88. The summed E-state index contributed by atoms with van der Waals surface area (Å²) in [7, 11) is 0. The fourth-order valence-electron chi connectivity index (χ4n) is 1.27. The van der Waals surface area contributed by atoms with E-state index in [4.69, 9.17) is 0 Å². The molecule has 0 atom stereocenters. The van der Waals surface area contributed by atoms with Gasteiger partial charge in [0.25, 0.3) is 0 Å². The van der Waals surface area contributed by atoms with Crippen molar-refractivity contribution in [3.63, 3.8) is 0 Å². The maximum atomic E-state index is 9.50. The number of aromatic hydroxyl groups is 2. The second kappa shape index (κ2) is 4.97. The van der Waals surface area contributed by atoms with Crippen molar-refractivity contribution in [2.75, 3.05) is 0 Å². The van der Waals surface area contributed by atoms with Gasteiger partial charge in [-0.3, -0.25) is 0 Å². The number of rotatable bonds is 2. The number of benzene rings is 2. The molecule has 0 saturated heterocycles. The average Bonchev–Trinajstić information content (AvgIpc) is 2.28. The minimum absolute atomic E-state index is 0.0625. The first-order chi connectivity index (χ1) is 8.16. The van der Waals surface area contributed by atoms with E-state index in [9.17, 15) is 10.2 Å². The standard InChI is InChI=1S/C12H9BrN2O2/c13-8-3-1-4-9(7-8)14-15-12-10(16)5-2-6-11(12)17/h1-7,16-17H. The van der Waals surface area contributed by atoms with Gasteiger partial charge in [0.1, 0.15) is 11.5 Å². The van der Waals surface area contributed by atoms with E-state index in [1.165, 1.54) is 18.2 Å². The highest BCUT2D eigenvalue weighted by atomic mass is 79.9. The molecule has 0 aliphatic rings. The molecule has 0 heterocycles. The Kier molecular flexibility index (Phi) is 3.39. The molecule has 0 unspecified atom stereocenters. The highest BCUT2D eigenvalue weighted by molar-refractivity contribution is 9.10. The number of hydrogen-bond acceptors (Lipinski definition) is 4. The first-order valence-electron chi connectivity index (χ1n) is 4.85. The molecule has 0 bridgehead atoms. The van der Waals surface area contributed by atoms with E-state index >= 15 is 0 Å². The Morgan fingerprint density at radius 3 is 2.18 bits per heavy atom. The van der Waals surface area contributed by atoms with Crippen LogP contribution in [0, 0.1) is 0 Å². The van der Waals surface area contributed by atoms with E-state index in [-0.39, 0.29) is 17.2 Å². The minimum atomic E-state index is -0.108. The normalized spacial score (nSPS) is 10.9.